The molecule has 0 bridgehead atoms. The molecule has 0 fully saturated rings. The minimum absolute atomic E-state index is 0.0496. The first-order chi connectivity index (χ1) is 9.00. The van der Waals surface area contributed by atoms with Gasteiger partial charge in [-0.1, -0.05) is 32.0 Å². The number of aliphatic carboxylic acids is 1. The molecule has 4 heteroatoms. The molecule has 0 aliphatic heterocycles. The van der Waals surface area contributed by atoms with Crippen molar-refractivity contribution in [3.05, 3.63) is 36.0 Å². The van der Waals surface area contributed by atoms with Crippen LogP contribution in [0.15, 0.2) is 30.5 Å². The van der Waals surface area contributed by atoms with Gasteiger partial charge in [-0.05, 0) is 6.07 Å². The van der Waals surface area contributed by atoms with E-state index in [1.165, 1.54) is 0 Å². The van der Waals surface area contributed by atoms with Crippen molar-refractivity contribution in [3.63, 3.8) is 0 Å². The van der Waals surface area contributed by atoms with Crippen molar-refractivity contribution in [3.8, 4) is 0 Å². The second kappa shape index (κ2) is 5.26. The van der Waals surface area contributed by atoms with E-state index in [4.69, 9.17) is 5.11 Å². The van der Waals surface area contributed by atoms with Crippen LogP contribution in [0, 0.1) is 5.92 Å². The van der Waals surface area contributed by atoms with E-state index in [0.717, 1.165) is 10.9 Å². The van der Waals surface area contributed by atoms with Gasteiger partial charge in [0.2, 0.25) is 0 Å². The molecule has 0 unspecified atom stereocenters. The first-order valence-electron chi connectivity index (χ1n) is 6.34. The summed E-state index contributed by atoms with van der Waals surface area (Å²) in [5.41, 5.74) is 1.59. The maximum absolute atomic E-state index is 12.2. The standard InChI is InChI=1S/C15H17NO3/c1-10(2)15(19)12-9-16(8-7-14(17)18)13-6-4-3-5-11(12)13/h3-6,9-10H,7-8H2,1-2H3,(H,17,18). The van der Waals surface area contributed by atoms with Gasteiger partial charge in [-0.3, -0.25) is 9.59 Å². The molecular weight excluding hydrogens is 242 g/mol. The lowest BCUT2D eigenvalue weighted by atomic mass is 10.0. The van der Waals surface area contributed by atoms with Gasteiger partial charge in [0.1, 0.15) is 0 Å². The Labute approximate surface area is 111 Å². The van der Waals surface area contributed by atoms with Crippen molar-refractivity contribution in [1.82, 2.24) is 4.57 Å². The molecule has 0 spiro atoms. The summed E-state index contributed by atoms with van der Waals surface area (Å²) in [4.78, 5) is 22.9. The largest absolute Gasteiger partial charge is 0.481 e. The molecule has 0 aliphatic rings. The molecule has 0 saturated carbocycles. The van der Waals surface area contributed by atoms with E-state index >= 15 is 0 Å². The molecule has 1 N–H and O–H groups in total. The zero-order chi connectivity index (χ0) is 14.0. The lowest BCUT2D eigenvalue weighted by Crippen LogP contribution is -2.07. The fraction of sp³-hybridized carbons (Fsp3) is 0.333. The Bertz CT molecular complexity index is 625. The number of carboxylic acid groups (broad SMARTS) is 1. The normalized spacial score (nSPS) is 11.1. The molecule has 0 atom stereocenters. The van der Waals surface area contributed by atoms with E-state index in [1.807, 2.05) is 42.7 Å². The summed E-state index contributed by atoms with van der Waals surface area (Å²) < 4.78 is 1.85. The highest BCUT2D eigenvalue weighted by molar-refractivity contribution is 6.08. The van der Waals surface area contributed by atoms with E-state index in [-0.39, 0.29) is 18.1 Å². The first kappa shape index (κ1) is 13.3. The van der Waals surface area contributed by atoms with E-state index in [9.17, 15) is 9.59 Å². The van der Waals surface area contributed by atoms with E-state index in [0.29, 0.717) is 12.1 Å². The number of carbonyl (C=O) groups excluding carboxylic acids is 1. The zero-order valence-electron chi connectivity index (χ0n) is 11.1. The number of carbonyl (C=O) groups is 2. The number of ketones is 1. The van der Waals surface area contributed by atoms with Gasteiger partial charge < -0.3 is 9.67 Å². The highest BCUT2D eigenvalue weighted by Gasteiger charge is 2.17. The van der Waals surface area contributed by atoms with Crippen LogP contribution in [0.3, 0.4) is 0 Å². The summed E-state index contributed by atoms with van der Waals surface area (Å²) in [6, 6.07) is 7.60. The van der Waals surface area contributed by atoms with E-state index in [1.54, 1.807) is 6.20 Å². The Kier molecular flexibility index (Phi) is 3.69. The van der Waals surface area contributed by atoms with Crippen molar-refractivity contribution in [2.24, 2.45) is 5.92 Å². The van der Waals surface area contributed by atoms with Crippen LogP contribution in [0.4, 0.5) is 0 Å². The highest BCUT2D eigenvalue weighted by atomic mass is 16.4. The number of fused-ring (bicyclic) bond motifs is 1. The van der Waals surface area contributed by atoms with Crippen LogP contribution in [0.25, 0.3) is 10.9 Å². The number of hydrogen-bond acceptors (Lipinski definition) is 2. The van der Waals surface area contributed by atoms with Crippen molar-refractivity contribution in [2.45, 2.75) is 26.8 Å². The average Bonchev–Trinajstić information content (AvgIpc) is 2.74. The number of carboxylic acids is 1. The van der Waals surface area contributed by atoms with Crippen molar-refractivity contribution in [2.75, 3.05) is 0 Å². The molecule has 1 heterocycles. The molecule has 4 nitrogen and oxygen atoms in total. The van der Waals surface area contributed by atoms with Crippen LogP contribution >= 0.6 is 0 Å². The zero-order valence-corrected chi connectivity index (χ0v) is 11.1. The summed E-state index contributed by atoms with van der Waals surface area (Å²) >= 11 is 0. The van der Waals surface area contributed by atoms with Crippen LogP contribution in [0.5, 0.6) is 0 Å². The maximum atomic E-state index is 12.2. The van der Waals surface area contributed by atoms with Gasteiger partial charge in [0, 0.05) is 35.1 Å². The summed E-state index contributed by atoms with van der Waals surface area (Å²) in [7, 11) is 0. The predicted molar refractivity (Wildman–Crippen MR) is 73.4 cm³/mol. The molecule has 1 aromatic carbocycles. The minimum atomic E-state index is -0.838. The number of hydrogen-bond donors (Lipinski definition) is 1. The SMILES string of the molecule is CC(C)C(=O)c1cn(CCC(=O)O)c2ccccc12. The average molecular weight is 259 g/mol. The molecular formula is C15H17NO3. The number of Topliss-reactive ketones (excluding diaryl/α,β-unsaturated/α-hetero) is 1. The van der Waals surface area contributed by atoms with Gasteiger partial charge in [0.15, 0.2) is 5.78 Å². The minimum Gasteiger partial charge on any atom is -0.481 e. The number of rotatable bonds is 5. The molecule has 0 saturated heterocycles. The molecule has 1 aromatic heterocycles. The van der Waals surface area contributed by atoms with E-state index < -0.39 is 5.97 Å². The number of aromatic nitrogens is 1. The lowest BCUT2D eigenvalue weighted by molar-refractivity contribution is -0.137. The Morgan fingerprint density at radius 1 is 1.26 bits per heavy atom. The Morgan fingerprint density at radius 3 is 2.58 bits per heavy atom. The smallest absolute Gasteiger partial charge is 0.305 e. The summed E-state index contributed by atoms with van der Waals surface area (Å²) in [6.07, 6.45) is 1.82. The molecule has 2 rings (SSSR count). The van der Waals surface area contributed by atoms with Crippen molar-refractivity contribution in [1.29, 1.82) is 0 Å². The monoisotopic (exact) mass is 259 g/mol. The van der Waals surface area contributed by atoms with Crippen LogP contribution in [0.1, 0.15) is 30.6 Å². The second-order valence-corrected chi connectivity index (χ2v) is 4.92. The van der Waals surface area contributed by atoms with Crippen LogP contribution in [0.2, 0.25) is 0 Å². The Hall–Kier alpha value is -2.10. The molecule has 100 valence electrons. The highest BCUT2D eigenvalue weighted by Crippen LogP contribution is 2.24. The van der Waals surface area contributed by atoms with Crippen LogP contribution in [-0.4, -0.2) is 21.4 Å². The molecule has 0 amide bonds. The van der Waals surface area contributed by atoms with Crippen LogP contribution < -0.4 is 0 Å². The molecule has 0 radical (unpaired) electrons. The van der Waals surface area contributed by atoms with Crippen molar-refractivity contribution < 1.29 is 14.7 Å². The maximum Gasteiger partial charge on any atom is 0.305 e. The van der Waals surface area contributed by atoms with Gasteiger partial charge in [0.05, 0.1) is 6.42 Å². The fourth-order valence-corrected chi connectivity index (χ4v) is 2.16. The van der Waals surface area contributed by atoms with Crippen molar-refractivity contribution >= 4 is 22.7 Å². The Morgan fingerprint density at radius 2 is 1.95 bits per heavy atom. The third kappa shape index (κ3) is 2.67. The van der Waals surface area contributed by atoms with Gasteiger partial charge in [-0.15, -0.1) is 0 Å². The summed E-state index contributed by atoms with van der Waals surface area (Å²) in [6.45, 7) is 4.11. The van der Waals surface area contributed by atoms with Gasteiger partial charge in [0.25, 0.3) is 0 Å². The molecule has 0 aliphatic carbocycles. The van der Waals surface area contributed by atoms with Crippen LogP contribution in [-0.2, 0) is 11.3 Å². The third-order valence-corrected chi connectivity index (χ3v) is 3.14. The Balaban J connectivity index is 2.48. The topological polar surface area (TPSA) is 59.3 Å². The quantitative estimate of drug-likeness (QED) is 0.840. The van der Waals surface area contributed by atoms with Gasteiger partial charge in [-0.25, -0.2) is 0 Å². The second-order valence-electron chi connectivity index (χ2n) is 4.92. The van der Waals surface area contributed by atoms with Gasteiger partial charge >= 0.3 is 5.97 Å². The predicted octanol–water partition coefficient (Wildman–Crippen LogP) is 2.95. The summed E-state index contributed by atoms with van der Waals surface area (Å²) in [5, 5.41) is 9.67. The number of benzene rings is 1. The number of aryl methyl sites for hydroxylation is 1. The number of para-hydroxylation sites is 1. The summed E-state index contributed by atoms with van der Waals surface area (Å²) in [5.74, 6) is -0.821. The fourth-order valence-electron chi connectivity index (χ4n) is 2.16. The lowest BCUT2D eigenvalue weighted by Gasteiger charge is -2.02. The third-order valence-electron chi connectivity index (χ3n) is 3.14. The number of nitrogens with zero attached hydrogens (tertiary/aromatic N) is 1. The van der Waals surface area contributed by atoms with Gasteiger partial charge in [-0.2, -0.15) is 0 Å². The van der Waals surface area contributed by atoms with E-state index in [2.05, 4.69) is 0 Å². The molecule has 2 aromatic rings. The first-order valence-corrected chi connectivity index (χ1v) is 6.34. The molecule has 19 heavy (non-hydrogen) atoms.